The minimum absolute atomic E-state index is 0.0473. The van der Waals surface area contributed by atoms with Crippen molar-refractivity contribution < 1.29 is 9.90 Å². The first kappa shape index (κ1) is 9.00. The molecular weight excluding hydrogens is 166 g/mol. The molecule has 74 valence electrons. The lowest BCUT2D eigenvalue weighted by Crippen LogP contribution is -2.29. The van der Waals surface area contributed by atoms with Crippen LogP contribution in [0.1, 0.15) is 25.7 Å². The molecule has 2 rings (SSSR count). The molecule has 2 unspecified atom stereocenters. The van der Waals surface area contributed by atoms with E-state index < -0.39 is 5.97 Å². The van der Waals surface area contributed by atoms with E-state index in [1.807, 2.05) is 0 Å². The number of hydrogen-bond donors (Lipinski definition) is 2. The minimum atomic E-state index is -0.615. The summed E-state index contributed by atoms with van der Waals surface area (Å²) < 4.78 is 0. The Labute approximate surface area is 78.5 Å². The molecule has 2 N–H and O–H groups in total. The lowest BCUT2D eigenvalue weighted by molar-refractivity contribution is -0.138. The molecular formula is C10H17NO2. The topological polar surface area (TPSA) is 49.3 Å². The number of carboxylic acid groups (broad SMARTS) is 1. The Bertz CT molecular complexity index is 201. The highest BCUT2D eigenvalue weighted by atomic mass is 16.4. The summed E-state index contributed by atoms with van der Waals surface area (Å²) in [4.78, 5) is 10.5. The quantitative estimate of drug-likeness (QED) is 0.671. The smallest absolute Gasteiger partial charge is 0.306 e. The molecule has 0 aromatic rings. The zero-order valence-corrected chi connectivity index (χ0v) is 7.83. The Morgan fingerprint density at radius 3 is 2.62 bits per heavy atom. The summed E-state index contributed by atoms with van der Waals surface area (Å²) in [5, 5.41) is 12.0. The fourth-order valence-corrected chi connectivity index (χ4v) is 1.95. The van der Waals surface area contributed by atoms with Crippen molar-refractivity contribution in [3.05, 3.63) is 0 Å². The number of hydrogen-bond acceptors (Lipinski definition) is 2. The van der Waals surface area contributed by atoms with Crippen molar-refractivity contribution in [1.29, 1.82) is 0 Å². The van der Waals surface area contributed by atoms with Gasteiger partial charge >= 0.3 is 5.97 Å². The van der Waals surface area contributed by atoms with Gasteiger partial charge in [0.1, 0.15) is 0 Å². The van der Waals surface area contributed by atoms with Crippen LogP contribution in [0.15, 0.2) is 0 Å². The SMILES string of the molecule is O=C(O)C1CC1CNCC1CCC1. The van der Waals surface area contributed by atoms with E-state index in [-0.39, 0.29) is 5.92 Å². The maximum absolute atomic E-state index is 10.5. The molecule has 2 aliphatic carbocycles. The monoisotopic (exact) mass is 183 g/mol. The number of carbonyl (C=O) groups is 1. The second-order valence-corrected chi connectivity index (χ2v) is 4.40. The van der Waals surface area contributed by atoms with Gasteiger partial charge in [0.15, 0.2) is 0 Å². The molecule has 0 bridgehead atoms. The second-order valence-electron chi connectivity index (χ2n) is 4.40. The van der Waals surface area contributed by atoms with Crippen molar-refractivity contribution in [3.63, 3.8) is 0 Å². The van der Waals surface area contributed by atoms with Crippen LogP contribution in [0.5, 0.6) is 0 Å². The number of nitrogens with one attached hydrogen (secondary N) is 1. The fraction of sp³-hybridized carbons (Fsp3) is 0.900. The summed E-state index contributed by atoms with van der Waals surface area (Å²) in [6.45, 7) is 2.01. The normalized spacial score (nSPS) is 32.6. The van der Waals surface area contributed by atoms with Crippen molar-refractivity contribution >= 4 is 5.97 Å². The predicted octanol–water partition coefficient (Wildman–Crippen LogP) is 1.10. The first-order valence-electron chi connectivity index (χ1n) is 5.21. The molecule has 13 heavy (non-hydrogen) atoms. The largest absolute Gasteiger partial charge is 0.481 e. The van der Waals surface area contributed by atoms with Gasteiger partial charge < -0.3 is 10.4 Å². The van der Waals surface area contributed by atoms with Gasteiger partial charge in [0.2, 0.25) is 0 Å². The lowest BCUT2D eigenvalue weighted by atomic mass is 9.85. The molecule has 2 aliphatic rings. The highest BCUT2D eigenvalue weighted by Crippen LogP contribution is 2.38. The summed E-state index contributed by atoms with van der Waals surface area (Å²) in [5.74, 6) is 0.629. The van der Waals surface area contributed by atoms with E-state index in [4.69, 9.17) is 5.11 Å². The average molecular weight is 183 g/mol. The molecule has 3 nitrogen and oxygen atoms in total. The van der Waals surface area contributed by atoms with E-state index in [9.17, 15) is 4.79 Å². The molecule has 0 aromatic heterocycles. The molecule has 0 aliphatic heterocycles. The molecule has 0 heterocycles. The molecule has 0 aromatic carbocycles. The summed E-state index contributed by atoms with van der Waals surface area (Å²) in [6, 6.07) is 0. The van der Waals surface area contributed by atoms with Crippen LogP contribution in [0.4, 0.5) is 0 Å². The van der Waals surface area contributed by atoms with Crippen LogP contribution in [-0.4, -0.2) is 24.2 Å². The molecule has 2 saturated carbocycles. The third kappa shape index (κ3) is 2.21. The van der Waals surface area contributed by atoms with Crippen molar-refractivity contribution in [3.8, 4) is 0 Å². The second kappa shape index (κ2) is 3.66. The third-order valence-electron chi connectivity index (χ3n) is 3.30. The molecule has 2 atom stereocenters. The van der Waals surface area contributed by atoms with Gasteiger partial charge in [0.25, 0.3) is 0 Å². The molecule has 3 heteroatoms. The third-order valence-corrected chi connectivity index (χ3v) is 3.30. The lowest BCUT2D eigenvalue weighted by Gasteiger charge is -2.25. The maximum atomic E-state index is 10.5. The predicted molar refractivity (Wildman–Crippen MR) is 49.4 cm³/mol. The molecule has 0 saturated heterocycles. The Morgan fingerprint density at radius 2 is 2.15 bits per heavy atom. The van der Waals surface area contributed by atoms with E-state index in [0.29, 0.717) is 5.92 Å². The summed E-state index contributed by atoms with van der Waals surface area (Å²) in [7, 11) is 0. The van der Waals surface area contributed by atoms with Gasteiger partial charge in [0.05, 0.1) is 5.92 Å². The highest BCUT2D eigenvalue weighted by Gasteiger charge is 2.42. The van der Waals surface area contributed by atoms with Gasteiger partial charge in [-0.1, -0.05) is 6.42 Å². The van der Waals surface area contributed by atoms with E-state index in [1.165, 1.54) is 19.3 Å². The van der Waals surface area contributed by atoms with Gasteiger partial charge in [-0.3, -0.25) is 4.79 Å². The number of aliphatic carboxylic acids is 1. The van der Waals surface area contributed by atoms with E-state index >= 15 is 0 Å². The van der Waals surface area contributed by atoms with E-state index in [0.717, 1.165) is 25.4 Å². The molecule has 0 radical (unpaired) electrons. The van der Waals surface area contributed by atoms with Crippen molar-refractivity contribution in [2.45, 2.75) is 25.7 Å². The van der Waals surface area contributed by atoms with Crippen LogP contribution in [0.2, 0.25) is 0 Å². The summed E-state index contributed by atoms with van der Waals surface area (Å²) in [6.07, 6.45) is 4.99. The van der Waals surface area contributed by atoms with Crippen LogP contribution in [-0.2, 0) is 4.79 Å². The van der Waals surface area contributed by atoms with Crippen molar-refractivity contribution in [2.75, 3.05) is 13.1 Å². The highest BCUT2D eigenvalue weighted by molar-refractivity contribution is 5.73. The Morgan fingerprint density at radius 1 is 1.38 bits per heavy atom. The van der Waals surface area contributed by atoms with Gasteiger partial charge in [-0.2, -0.15) is 0 Å². The van der Waals surface area contributed by atoms with Crippen LogP contribution in [0.3, 0.4) is 0 Å². The maximum Gasteiger partial charge on any atom is 0.306 e. The zero-order valence-electron chi connectivity index (χ0n) is 7.83. The summed E-state index contributed by atoms with van der Waals surface area (Å²) >= 11 is 0. The number of rotatable bonds is 5. The average Bonchev–Trinajstić information content (AvgIpc) is 2.73. The van der Waals surface area contributed by atoms with Crippen LogP contribution < -0.4 is 5.32 Å². The van der Waals surface area contributed by atoms with Gasteiger partial charge in [-0.05, 0) is 44.2 Å². The van der Waals surface area contributed by atoms with Crippen molar-refractivity contribution in [1.82, 2.24) is 5.32 Å². The minimum Gasteiger partial charge on any atom is -0.481 e. The molecule has 0 amide bonds. The van der Waals surface area contributed by atoms with Gasteiger partial charge in [-0.25, -0.2) is 0 Å². The van der Waals surface area contributed by atoms with Crippen molar-refractivity contribution in [2.24, 2.45) is 17.8 Å². The molecule has 0 spiro atoms. The zero-order chi connectivity index (χ0) is 9.26. The van der Waals surface area contributed by atoms with Gasteiger partial charge in [0, 0.05) is 0 Å². The molecule has 2 fully saturated rings. The first-order valence-corrected chi connectivity index (χ1v) is 5.21. The Hall–Kier alpha value is -0.570. The Balaban J connectivity index is 1.52. The van der Waals surface area contributed by atoms with Crippen LogP contribution in [0, 0.1) is 17.8 Å². The first-order chi connectivity index (χ1) is 6.27. The van der Waals surface area contributed by atoms with Crippen LogP contribution >= 0.6 is 0 Å². The fourth-order valence-electron chi connectivity index (χ4n) is 1.95. The van der Waals surface area contributed by atoms with Crippen LogP contribution in [0.25, 0.3) is 0 Å². The standard InChI is InChI=1S/C10H17NO2/c12-10(13)9-4-8(9)6-11-5-7-2-1-3-7/h7-9,11H,1-6H2,(H,12,13). The van der Waals surface area contributed by atoms with E-state index in [1.54, 1.807) is 0 Å². The Kier molecular flexibility index (Phi) is 2.54. The van der Waals surface area contributed by atoms with E-state index in [2.05, 4.69) is 5.32 Å². The summed E-state index contributed by atoms with van der Waals surface area (Å²) in [5.41, 5.74) is 0. The number of carboxylic acids is 1. The van der Waals surface area contributed by atoms with Gasteiger partial charge in [-0.15, -0.1) is 0 Å².